The number of nitrogens with one attached hydrogen (secondary N) is 1. The van der Waals surface area contributed by atoms with Crippen LogP contribution in [0.25, 0.3) is 0 Å². The van der Waals surface area contributed by atoms with Crippen LogP contribution in [-0.4, -0.2) is 35.6 Å². The summed E-state index contributed by atoms with van der Waals surface area (Å²) in [5.41, 5.74) is 0. The fourth-order valence-electron chi connectivity index (χ4n) is 2.77. The van der Waals surface area contributed by atoms with Gasteiger partial charge >= 0.3 is 0 Å². The van der Waals surface area contributed by atoms with Crippen LogP contribution in [0.5, 0.6) is 0 Å². The molecule has 18 heavy (non-hydrogen) atoms. The quantitative estimate of drug-likeness (QED) is 0.859. The SMILES string of the molecule is CCCN1CCCC(C(C)NCc2nccs2)C1. The van der Waals surface area contributed by atoms with Crippen LogP contribution in [0.2, 0.25) is 0 Å². The maximum Gasteiger partial charge on any atom is 0.106 e. The standard InChI is InChI=1S/C14H25N3S/c1-3-7-17-8-4-5-13(11-17)12(2)16-10-14-15-6-9-18-14/h6,9,12-13,16H,3-5,7-8,10-11H2,1-2H3. The van der Waals surface area contributed by atoms with Crippen LogP contribution < -0.4 is 5.32 Å². The molecule has 0 aliphatic carbocycles. The Morgan fingerprint density at radius 2 is 2.50 bits per heavy atom. The zero-order valence-electron chi connectivity index (χ0n) is 11.6. The Kier molecular flexibility index (Phi) is 5.60. The Bertz CT molecular complexity index is 324. The second-order valence-corrected chi connectivity index (χ2v) is 6.28. The fraction of sp³-hybridized carbons (Fsp3) is 0.786. The highest BCUT2D eigenvalue weighted by atomic mass is 32.1. The largest absolute Gasteiger partial charge is 0.308 e. The number of thiazole rings is 1. The van der Waals surface area contributed by atoms with Crippen LogP contribution in [0.3, 0.4) is 0 Å². The van der Waals surface area contributed by atoms with Gasteiger partial charge in [-0.25, -0.2) is 4.98 Å². The van der Waals surface area contributed by atoms with Crippen molar-refractivity contribution in [3.63, 3.8) is 0 Å². The molecule has 2 unspecified atom stereocenters. The predicted octanol–water partition coefficient (Wildman–Crippen LogP) is 2.74. The molecule has 0 radical (unpaired) electrons. The maximum absolute atomic E-state index is 4.32. The normalized spacial score (nSPS) is 23.1. The average Bonchev–Trinajstić information content (AvgIpc) is 2.90. The van der Waals surface area contributed by atoms with E-state index < -0.39 is 0 Å². The topological polar surface area (TPSA) is 28.2 Å². The number of likely N-dealkylation sites (tertiary alicyclic amines) is 1. The summed E-state index contributed by atoms with van der Waals surface area (Å²) in [6.07, 6.45) is 5.88. The molecule has 0 aromatic carbocycles. The summed E-state index contributed by atoms with van der Waals surface area (Å²) in [6, 6.07) is 0.591. The minimum absolute atomic E-state index is 0.591. The lowest BCUT2D eigenvalue weighted by atomic mass is 9.91. The number of aromatic nitrogens is 1. The van der Waals surface area contributed by atoms with Crippen molar-refractivity contribution in [1.29, 1.82) is 0 Å². The van der Waals surface area contributed by atoms with Gasteiger partial charge in [-0.2, -0.15) is 0 Å². The summed E-state index contributed by atoms with van der Waals surface area (Å²) in [6.45, 7) is 9.34. The van der Waals surface area contributed by atoms with Gasteiger partial charge in [0.15, 0.2) is 0 Å². The van der Waals surface area contributed by atoms with E-state index in [2.05, 4.69) is 29.0 Å². The molecular formula is C14H25N3S. The first kappa shape index (κ1) is 14.0. The highest BCUT2D eigenvalue weighted by Crippen LogP contribution is 2.20. The molecule has 2 heterocycles. The molecular weight excluding hydrogens is 242 g/mol. The molecule has 1 N–H and O–H groups in total. The first-order chi connectivity index (χ1) is 8.79. The van der Waals surface area contributed by atoms with Gasteiger partial charge in [-0.15, -0.1) is 11.3 Å². The minimum Gasteiger partial charge on any atom is -0.308 e. The summed E-state index contributed by atoms with van der Waals surface area (Å²) in [4.78, 5) is 6.94. The van der Waals surface area contributed by atoms with Gasteiger partial charge in [0.25, 0.3) is 0 Å². The van der Waals surface area contributed by atoms with E-state index in [4.69, 9.17) is 0 Å². The summed E-state index contributed by atoms with van der Waals surface area (Å²) in [7, 11) is 0. The van der Waals surface area contributed by atoms with Crippen LogP contribution in [0.1, 0.15) is 38.1 Å². The Morgan fingerprint density at radius 3 is 3.22 bits per heavy atom. The lowest BCUT2D eigenvalue weighted by Gasteiger charge is -2.36. The number of nitrogens with zero attached hydrogens (tertiary/aromatic N) is 2. The van der Waals surface area contributed by atoms with Crippen LogP contribution in [0.15, 0.2) is 11.6 Å². The number of piperidine rings is 1. The van der Waals surface area contributed by atoms with Crippen molar-refractivity contribution in [1.82, 2.24) is 15.2 Å². The second kappa shape index (κ2) is 7.22. The van der Waals surface area contributed by atoms with Gasteiger partial charge in [0.2, 0.25) is 0 Å². The van der Waals surface area contributed by atoms with Crippen molar-refractivity contribution < 1.29 is 0 Å². The molecule has 1 saturated heterocycles. The lowest BCUT2D eigenvalue weighted by molar-refractivity contribution is 0.150. The molecule has 3 nitrogen and oxygen atoms in total. The van der Waals surface area contributed by atoms with Gasteiger partial charge in [0.05, 0.1) is 0 Å². The molecule has 102 valence electrons. The monoisotopic (exact) mass is 267 g/mol. The third kappa shape index (κ3) is 4.04. The fourth-order valence-corrected chi connectivity index (χ4v) is 3.34. The molecule has 1 fully saturated rings. The van der Waals surface area contributed by atoms with Gasteiger partial charge in [-0.3, -0.25) is 0 Å². The van der Waals surface area contributed by atoms with E-state index in [0.29, 0.717) is 6.04 Å². The van der Waals surface area contributed by atoms with Crippen molar-refractivity contribution in [3.05, 3.63) is 16.6 Å². The molecule has 2 atom stereocenters. The van der Waals surface area contributed by atoms with Gasteiger partial charge in [0.1, 0.15) is 5.01 Å². The highest BCUT2D eigenvalue weighted by molar-refractivity contribution is 7.09. The minimum atomic E-state index is 0.591. The summed E-state index contributed by atoms with van der Waals surface area (Å²) < 4.78 is 0. The smallest absolute Gasteiger partial charge is 0.106 e. The highest BCUT2D eigenvalue weighted by Gasteiger charge is 2.23. The van der Waals surface area contributed by atoms with Crippen LogP contribution in [-0.2, 0) is 6.54 Å². The van der Waals surface area contributed by atoms with E-state index >= 15 is 0 Å². The van der Waals surface area contributed by atoms with E-state index in [0.717, 1.165) is 12.5 Å². The zero-order chi connectivity index (χ0) is 12.8. The third-order valence-corrected chi connectivity index (χ3v) is 4.63. The first-order valence-corrected chi connectivity index (χ1v) is 8.01. The van der Waals surface area contributed by atoms with Crippen LogP contribution in [0.4, 0.5) is 0 Å². The van der Waals surface area contributed by atoms with Crippen molar-refractivity contribution >= 4 is 11.3 Å². The Labute approximate surface area is 115 Å². The number of hydrogen-bond acceptors (Lipinski definition) is 4. The lowest BCUT2D eigenvalue weighted by Crippen LogP contribution is -2.44. The average molecular weight is 267 g/mol. The molecule has 0 amide bonds. The molecule has 1 aliphatic rings. The van der Waals surface area contributed by atoms with Crippen molar-refractivity contribution in [2.45, 2.75) is 45.7 Å². The third-order valence-electron chi connectivity index (χ3n) is 3.85. The molecule has 0 bridgehead atoms. The maximum atomic E-state index is 4.32. The van der Waals surface area contributed by atoms with Crippen molar-refractivity contribution in [3.8, 4) is 0 Å². The van der Waals surface area contributed by atoms with Gasteiger partial charge in [-0.05, 0) is 45.2 Å². The van der Waals surface area contributed by atoms with E-state index in [1.54, 1.807) is 11.3 Å². The summed E-state index contributed by atoms with van der Waals surface area (Å²) in [5.74, 6) is 0.797. The van der Waals surface area contributed by atoms with E-state index in [1.807, 2.05) is 11.6 Å². The molecule has 1 aromatic heterocycles. The van der Waals surface area contributed by atoms with Gasteiger partial charge < -0.3 is 10.2 Å². The van der Waals surface area contributed by atoms with E-state index in [9.17, 15) is 0 Å². The Morgan fingerprint density at radius 1 is 1.61 bits per heavy atom. The number of hydrogen-bond donors (Lipinski definition) is 1. The summed E-state index contributed by atoms with van der Waals surface area (Å²) >= 11 is 1.74. The molecule has 0 saturated carbocycles. The molecule has 1 aromatic rings. The zero-order valence-corrected chi connectivity index (χ0v) is 12.4. The second-order valence-electron chi connectivity index (χ2n) is 5.30. The van der Waals surface area contributed by atoms with Crippen molar-refractivity contribution in [2.75, 3.05) is 19.6 Å². The van der Waals surface area contributed by atoms with E-state index in [-0.39, 0.29) is 0 Å². The molecule has 2 rings (SSSR count). The Balaban J connectivity index is 1.75. The first-order valence-electron chi connectivity index (χ1n) is 7.13. The van der Waals surface area contributed by atoms with Crippen LogP contribution in [0, 0.1) is 5.92 Å². The predicted molar refractivity (Wildman–Crippen MR) is 77.9 cm³/mol. The van der Waals surface area contributed by atoms with Gasteiger partial charge in [-0.1, -0.05) is 6.92 Å². The number of rotatable bonds is 6. The molecule has 0 spiro atoms. The Hall–Kier alpha value is -0.450. The van der Waals surface area contributed by atoms with Gasteiger partial charge in [0, 0.05) is 30.7 Å². The van der Waals surface area contributed by atoms with E-state index in [1.165, 1.54) is 43.9 Å². The molecule has 4 heteroatoms. The van der Waals surface area contributed by atoms with Crippen LogP contribution >= 0.6 is 11.3 Å². The van der Waals surface area contributed by atoms with Crippen molar-refractivity contribution in [2.24, 2.45) is 5.92 Å². The summed E-state index contributed by atoms with van der Waals surface area (Å²) in [5, 5.41) is 6.88. The molecule has 1 aliphatic heterocycles.